The smallest absolute Gasteiger partial charge is 0.308 e. The van der Waals surface area contributed by atoms with E-state index in [0.29, 0.717) is 37.1 Å². The second-order valence-corrected chi connectivity index (χ2v) is 7.38. The topological polar surface area (TPSA) is 96.5 Å². The second-order valence-electron chi connectivity index (χ2n) is 7.38. The van der Waals surface area contributed by atoms with Gasteiger partial charge in [-0.2, -0.15) is 0 Å². The Hall–Kier alpha value is -2.18. The van der Waals surface area contributed by atoms with E-state index in [1.807, 2.05) is 12.2 Å². The summed E-state index contributed by atoms with van der Waals surface area (Å²) in [6.07, 6.45) is 9.82. The third-order valence-electron chi connectivity index (χ3n) is 5.72. The number of carboxylic acid groups (broad SMARTS) is 1. The molecule has 1 aromatic rings. The summed E-state index contributed by atoms with van der Waals surface area (Å²) < 4.78 is 5.73. The maximum absolute atomic E-state index is 12.6. The average molecular weight is 345 g/mol. The Kier molecular flexibility index (Phi) is 4.31. The number of aliphatic carboxylic acids is 1. The molecule has 134 valence electrons. The highest BCUT2D eigenvalue weighted by atomic mass is 16.4. The Labute approximate surface area is 146 Å². The zero-order valence-electron chi connectivity index (χ0n) is 14.1. The van der Waals surface area contributed by atoms with E-state index in [2.05, 4.69) is 10.2 Å². The normalized spacial score (nSPS) is 28.6. The first-order valence-electron chi connectivity index (χ1n) is 9.14. The molecule has 7 heteroatoms. The summed E-state index contributed by atoms with van der Waals surface area (Å²) >= 11 is 0. The quantitative estimate of drug-likeness (QED) is 0.821. The van der Waals surface area contributed by atoms with Gasteiger partial charge >= 0.3 is 5.97 Å². The van der Waals surface area contributed by atoms with Gasteiger partial charge in [0, 0.05) is 25.3 Å². The minimum absolute atomic E-state index is 0.0362. The summed E-state index contributed by atoms with van der Waals surface area (Å²) in [5, 5.41) is 17.6. The zero-order chi connectivity index (χ0) is 17.4. The van der Waals surface area contributed by atoms with E-state index in [0.717, 1.165) is 12.8 Å². The molecular formula is C18H23N3O4. The lowest BCUT2D eigenvalue weighted by Gasteiger charge is -2.44. The number of carboxylic acids is 1. The summed E-state index contributed by atoms with van der Waals surface area (Å²) in [5.74, 6) is 0.364. The van der Waals surface area contributed by atoms with Crippen LogP contribution in [0.3, 0.4) is 0 Å². The number of hydrogen-bond donors (Lipinski definition) is 1. The number of carbonyl (C=O) groups is 2. The van der Waals surface area contributed by atoms with Crippen molar-refractivity contribution >= 4 is 11.9 Å². The lowest BCUT2D eigenvalue weighted by atomic mass is 9.77. The van der Waals surface area contributed by atoms with Crippen molar-refractivity contribution in [2.45, 2.75) is 56.9 Å². The summed E-state index contributed by atoms with van der Waals surface area (Å²) in [6.45, 7) is 0.612. The standard InChI is InChI=1S/C18H23N3O4/c22-16(21-10-11-5-6-14(21)13(9-11)18(23)24)8-7-15-19-20-17(25-15)12-3-1-2-4-12/h5-6,11-14H,1-4,7-10H2,(H,23,24). The molecule has 1 amide bonds. The van der Waals surface area contributed by atoms with Crippen LogP contribution in [-0.4, -0.2) is 44.7 Å². The van der Waals surface area contributed by atoms with Gasteiger partial charge in [0.2, 0.25) is 17.7 Å². The molecular weight excluding hydrogens is 322 g/mol. The molecule has 2 fully saturated rings. The molecule has 1 saturated carbocycles. The maximum Gasteiger partial charge on any atom is 0.308 e. The number of amides is 1. The number of aryl methyl sites for hydroxylation is 1. The Morgan fingerprint density at radius 3 is 2.76 bits per heavy atom. The van der Waals surface area contributed by atoms with Crippen molar-refractivity contribution in [2.24, 2.45) is 11.8 Å². The van der Waals surface area contributed by atoms with E-state index in [9.17, 15) is 14.7 Å². The van der Waals surface area contributed by atoms with Crippen LogP contribution in [-0.2, 0) is 16.0 Å². The number of carbonyl (C=O) groups excluding carboxylic acids is 1. The summed E-state index contributed by atoms with van der Waals surface area (Å²) in [5.41, 5.74) is 0. The van der Waals surface area contributed by atoms with Gasteiger partial charge < -0.3 is 14.4 Å². The number of fused-ring (bicyclic) bond motifs is 2. The minimum Gasteiger partial charge on any atom is -0.481 e. The third-order valence-corrected chi connectivity index (χ3v) is 5.72. The van der Waals surface area contributed by atoms with E-state index in [1.165, 1.54) is 12.8 Å². The zero-order valence-corrected chi connectivity index (χ0v) is 14.1. The maximum atomic E-state index is 12.6. The highest BCUT2D eigenvalue weighted by Crippen LogP contribution is 2.35. The number of rotatable bonds is 5. The molecule has 2 aliphatic carbocycles. The average Bonchev–Trinajstić information content (AvgIpc) is 3.31. The SMILES string of the molecule is O=C(O)C1CC2C=CC1N(C(=O)CCc1nnc(C3CCCC3)o1)C2. The fourth-order valence-electron chi connectivity index (χ4n) is 4.36. The first kappa shape index (κ1) is 16.3. The fraction of sp³-hybridized carbons (Fsp3) is 0.667. The van der Waals surface area contributed by atoms with Crippen LogP contribution in [0.2, 0.25) is 0 Å². The van der Waals surface area contributed by atoms with E-state index in [1.54, 1.807) is 4.90 Å². The summed E-state index contributed by atoms with van der Waals surface area (Å²) in [6, 6.07) is -0.327. The summed E-state index contributed by atoms with van der Waals surface area (Å²) in [7, 11) is 0. The van der Waals surface area contributed by atoms with Gasteiger partial charge in [0.05, 0.1) is 12.0 Å². The van der Waals surface area contributed by atoms with Crippen LogP contribution < -0.4 is 0 Å². The number of piperidine rings is 1. The van der Waals surface area contributed by atoms with Crippen molar-refractivity contribution < 1.29 is 19.1 Å². The summed E-state index contributed by atoms with van der Waals surface area (Å²) in [4.78, 5) is 25.7. The van der Waals surface area contributed by atoms with Crippen LogP contribution >= 0.6 is 0 Å². The predicted octanol–water partition coefficient (Wildman–Crippen LogP) is 2.15. The van der Waals surface area contributed by atoms with Gasteiger partial charge in [0.1, 0.15) is 0 Å². The molecule has 25 heavy (non-hydrogen) atoms. The highest BCUT2D eigenvalue weighted by Gasteiger charge is 2.42. The van der Waals surface area contributed by atoms with E-state index < -0.39 is 11.9 Å². The Morgan fingerprint density at radius 2 is 2.04 bits per heavy atom. The van der Waals surface area contributed by atoms with Crippen LogP contribution in [0.1, 0.15) is 56.2 Å². The lowest BCUT2D eigenvalue weighted by molar-refractivity contribution is -0.150. The van der Waals surface area contributed by atoms with Crippen molar-refractivity contribution in [1.82, 2.24) is 15.1 Å². The number of aromatic nitrogens is 2. The Morgan fingerprint density at radius 1 is 1.24 bits per heavy atom. The van der Waals surface area contributed by atoms with Crippen LogP contribution in [0.25, 0.3) is 0 Å². The van der Waals surface area contributed by atoms with Gasteiger partial charge in [-0.25, -0.2) is 0 Å². The van der Waals surface area contributed by atoms with Crippen molar-refractivity contribution in [2.75, 3.05) is 6.54 Å². The van der Waals surface area contributed by atoms with Gasteiger partial charge in [0.25, 0.3) is 0 Å². The second kappa shape index (κ2) is 6.61. The van der Waals surface area contributed by atoms with Crippen LogP contribution in [0.5, 0.6) is 0 Å². The molecule has 0 aromatic carbocycles. The Balaban J connectivity index is 1.36. The molecule has 1 aromatic heterocycles. The Bertz CT molecular complexity index is 692. The monoisotopic (exact) mass is 345 g/mol. The molecule has 3 unspecified atom stereocenters. The van der Waals surface area contributed by atoms with Gasteiger partial charge in [-0.1, -0.05) is 25.0 Å². The molecule has 7 nitrogen and oxygen atoms in total. The van der Waals surface area contributed by atoms with Crippen LogP contribution in [0.15, 0.2) is 16.6 Å². The van der Waals surface area contributed by atoms with Crippen LogP contribution in [0.4, 0.5) is 0 Å². The highest BCUT2D eigenvalue weighted by molar-refractivity contribution is 5.80. The van der Waals surface area contributed by atoms with Crippen molar-refractivity contribution in [3.63, 3.8) is 0 Å². The predicted molar refractivity (Wildman–Crippen MR) is 87.7 cm³/mol. The van der Waals surface area contributed by atoms with Crippen molar-refractivity contribution in [1.29, 1.82) is 0 Å². The van der Waals surface area contributed by atoms with Gasteiger partial charge in [0.15, 0.2) is 0 Å². The van der Waals surface area contributed by atoms with E-state index >= 15 is 0 Å². The van der Waals surface area contributed by atoms with Gasteiger partial charge in [-0.05, 0) is 25.2 Å². The van der Waals surface area contributed by atoms with Crippen molar-refractivity contribution in [3.05, 3.63) is 23.9 Å². The minimum atomic E-state index is -0.824. The molecule has 4 aliphatic rings. The molecule has 2 bridgehead atoms. The molecule has 1 N–H and O–H groups in total. The molecule has 3 heterocycles. The lowest BCUT2D eigenvalue weighted by Crippen LogP contribution is -2.54. The van der Waals surface area contributed by atoms with Gasteiger partial charge in [-0.15, -0.1) is 10.2 Å². The largest absolute Gasteiger partial charge is 0.481 e. The van der Waals surface area contributed by atoms with Gasteiger partial charge in [-0.3, -0.25) is 9.59 Å². The molecule has 0 spiro atoms. The number of hydrogen-bond acceptors (Lipinski definition) is 5. The van der Waals surface area contributed by atoms with Crippen LogP contribution in [0, 0.1) is 11.8 Å². The molecule has 0 radical (unpaired) electrons. The molecule has 1 saturated heterocycles. The first-order valence-corrected chi connectivity index (χ1v) is 9.14. The fourth-order valence-corrected chi connectivity index (χ4v) is 4.36. The number of nitrogens with zero attached hydrogens (tertiary/aromatic N) is 3. The molecule has 2 aliphatic heterocycles. The molecule has 5 rings (SSSR count). The van der Waals surface area contributed by atoms with E-state index in [4.69, 9.17) is 4.42 Å². The van der Waals surface area contributed by atoms with Crippen molar-refractivity contribution in [3.8, 4) is 0 Å². The third kappa shape index (κ3) is 3.19. The molecule has 3 atom stereocenters. The van der Waals surface area contributed by atoms with E-state index in [-0.39, 0.29) is 24.3 Å². The first-order chi connectivity index (χ1) is 12.1.